The van der Waals surface area contributed by atoms with Crippen molar-refractivity contribution in [3.05, 3.63) is 36.5 Å². The van der Waals surface area contributed by atoms with Crippen LogP contribution in [0.25, 0.3) is 0 Å². The molecule has 0 aromatic carbocycles. The fourth-order valence-corrected chi connectivity index (χ4v) is 6.19. The van der Waals surface area contributed by atoms with E-state index in [9.17, 15) is 22.9 Å². The lowest BCUT2D eigenvalue weighted by atomic mass is 10.1. The number of aliphatic hydroxyl groups excluding tert-OH is 1. The van der Waals surface area contributed by atoms with Crippen LogP contribution in [-0.2, 0) is 14.9 Å². The largest absolute Gasteiger partial charge is 0.387 e. The van der Waals surface area contributed by atoms with E-state index in [2.05, 4.69) is 43.5 Å². The smallest absolute Gasteiger partial charge is 0.267 e. The minimum Gasteiger partial charge on any atom is -0.387 e. The molecule has 7 heteroatoms. The zero-order valence-electron chi connectivity index (χ0n) is 29.2. The van der Waals surface area contributed by atoms with Crippen molar-refractivity contribution in [1.82, 2.24) is 5.32 Å². The molecule has 0 aromatic heterocycles. The Kier molecular flexibility index (Phi) is 31.5. The molecule has 45 heavy (non-hydrogen) atoms. The highest BCUT2D eigenvalue weighted by Gasteiger charge is 2.24. The molecule has 3 N–H and O–H groups in total. The first-order valence-corrected chi connectivity index (χ1v) is 20.3. The van der Waals surface area contributed by atoms with Gasteiger partial charge < -0.3 is 10.4 Å². The molecule has 264 valence electrons. The first-order valence-electron chi connectivity index (χ1n) is 18.7. The molecule has 0 heterocycles. The van der Waals surface area contributed by atoms with Crippen molar-refractivity contribution in [1.29, 1.82) is 0 Å². The average Bonchev–Trinajstić information content (AvgIpc) is 3.00. The van der Waals surface area contributed by atoms with Crippen LogP contribution in [0.15, 0.2) is 36.5 Å². The van der Waals surface area contributed by atoms with Crippen molar-refractivity contribution >= 4 is 16.0 Å². The third-order valence-corrected chi connectivity index (χ3v) is 9.07. The summed E-state index contributed by atoms with van der Waals surface area (Å²) in [6.45, 7) is 4.49. The van der Waals surface area contributed by atoms with Crippen LogP contribution in [0.5, 0.6) is 0 Å². The highest BCUT2D eigenvalue weighted by Crippen LogP contribution is 2.13. The van der Waals surface area contributed by atoms with E-state index in [1.54, 1.807) is 0 Å². The maximum atomic E-state index is 12.4. The maximum absolute atomic E-state index is 12.4. The lowest BCUT2D eigenvalue weighted by Gasteiger charge is -2.21. The Bertz CT molecular complexity index is 852. The molecule has 0 aliphatic heterocycles. The summed E-state index contributed by atoms with van der Waals surface area (Å²) < 4.78 is 32.3. The van der Waals surface area contributed by atoms with Gasteiger partial charge in [-0.1, -0.05) is 153 Å². The van der Waals surface area contributed by atoms with Gasteiger partial charge >= 0.3 is 0 Å². The molecule has 1 amide bonds. The summed E-state index contributed by atoms with van der Waals surface area (Å²) >= 11 is 0. The molecular weight excluding hydrogens is 582 g/mol. The standard InChI is InChI=1S/C38H71NO5S/c1-3-5-7-9-11-13-15-17-19-20-21-23-25-27-29-31-33-37(40)36(35-45(42,43)44)39-38(41)34-32-30-28-26-24-22-18-16-14-12-10-8-6-4-2/h16,18,23,25,31,33,36-37,40H,3-15,17,19-22,24,26-30,32,34-35H2,1-2H3,(H,39,41)(H,42,43,44)/b18-16-,25-23+,33-31+. The Morgan fingerprint density at radius 2 is 0.956 bits per heavy atom. The second kappa shape index (κ2) is 32.5. The van der Waals surface area contributed by atoms with Crippen LogP contribution >= 0.6 is 0 Å². The van der Waals surface area contributed by atoms with Crippen molar-refractivity contribution < 1.29 is 22.9 Å². The molecule has 0 aliphatic carbocycles. The maximum Gasteiger partial charge on any atom is 0.267 e. The van der Waals surface area contributed by atoms with Crippen LogP contribution < -0.4 is 5.32 Å². The van der Waals surface area contributed by atoms with Gasteiger partial charge in [-0.25, -0.2) is 0 Å². The zero-order valence-corrected chi connectivity index (χ0v) is 30.1. The Morgan fingerprint density at radius 3 is 1.40 bits per heavy atom. The van der Waals surface area contributed by atoms with E-state index in [1.165, 1.54) is 109 Å². The van der Waals surface area contributed by atoms with Crippen molar-refractivity contribution in [3.63, 3.8) is 0 Å². The molecule has 0 fully saturated rings. The second-order valence-electron chi connectivity index (χ2n) is 12.8. The third-order valence-electron chi connectivity index (χ3n) is 8.29. The van der Waals surface area contributed by atoms with Crippen LogP contribution in [-0.4, -0.2) is 41.9 Å². The number of carbonyl (C=O) groups excluding carboxylic acids is 1. The fraction of sp³-hybridized carbons (Fsp3) is 0.816. The SMILES string of the molecule is CCCCCCC/C=C\CCCCCCCC(=O)NC(CS(=O)(=O)O)C(O)/C=C/CC/C=C/CCCCCCCCCCCC. The van der Waals surface area contributed by atoms with Crippen LogP contribution in [0.2, 0.25) is 0 Å². The van der Waals surface area contributed by atoms with Gasteiger partial charge in [-0.3, -0.25) is 9.35 Å². The van der Waals surface area contributed by atoms with E-state index in [0.717, 1.165) is 51.4 Å². The van der Waals surface area contributed by atoms with Crippen LogP contribution in [0.4, 0.5) is 0 Å². The number of carbonyl (C=O) groups is 1. The van der Waals surface area contributed by atoms with E-state index < -0.39 is 28.0 Å². The number of hydrogen-bond donors (Lipinski definition) is 3. The molecule has 0 saturated carbocycles. The lowest BCUT2D eigenvalue weighted by molar-refractivity contribution is -0.122. The molecule has 0 rings (SSSR count). The first kappa shape index (κ1) is 43.6. The number of aliphatic hydroxyl groups is 1. The summed E-state index contributed by atoms with van der Waals surface area (Å²) in [5, 5.41) is 13.2. The number of rotatable bonds is 33. The number of amides is 1. The molecule has 2 atom stereocenters. The van der Waals surface area contributed by atoms with Gasteiger partial charge in [0.15, 0.2) is 0 Å². The average molecular weight is 654 g/mol. The van der Waals surface area contributed by atoms with Crippen molar-refractivity contribution in [2.75, 3.05) is 5.75 Å². The Labute approximate surface area is 278 Å². The molecule has 6 nitrogen and oxygen atoms in total. The quantitative estimate of drug-likeness (QED) is 0.0371. The molecule has 2 unspecified atom stereocenters. The molecule has 0 bridgehead atoms. The van der Waals surface area contributed by atoms with Crippen LogP contribution in [0.3, 0.4) is 0 Å². The molecule has 0 saturated heterocycles. The normalized spacial score (nSPS) is 13.8. The van der Waals surface area contributed by atoms with Crippen LogP contribution in [0.1, 0.15) is 181 Å². The van der Waals surface area contributed by atoms with Gasteiger partial charge in [-0.2, -0.15) is 8.42 Å². The summed E-state index contributed by atoms with van der Waals surface area (Å²) in [5.41, 5.74) is 0. The monoisotopic (exact) mass is 654 g/mol. The van der Waals surface area contributed by atoms with Gasteiger partial charge in [0.05, 0.1) is 17.9 Å². The van der Waals surface area contributed by atoms with Gasteiger partial charge in [0.2, 0.25) is 5.91 Å². The summed E-state index contributed by atoms with van der Waals surface area (Å²) in [6.07, 6.45) is 41.2. The van der Waals surface area contributed by atoms with E-state index in [4.69, 9.17) is 0 Å². The summed E-state index contributed by atoms with van der Waals surface area (Å²) in [4.78, 5) is 12.4. The molecular formula is C38H71NO5S. The molecule has 0 aromatic rings. The van der Waals surface area contributed by atoms with Crippen molar-refractivity contribution in [3.8, 4) is 0 Å². The van der Waals surface area contributed by atoms with E-state index in [0.29, 0.717) is 6.42 Å². The van der Waals surface area contributed by atoms with E-state index in [-0.39, 0.29) is 12.3 Å². The van der Waals surface area contributed by atoms with E-state index >= 15 is 0 Å². The number of nitrogens with one attached hydrogen (secondary N) is 1. The van der Waals surface area contributed by atoms with Crippen LogP contribution in [0, 0.1) is 0 Å². The molecule has 0 radical (unpaired) electrons. The van der Waals surface area contributed by atoms with Crippen molar-refractivity contribution in [2.45, 2.75) is 193 Å². The summed E-state index contributed by atoms with van der Waals surface area (Å²) in [6, 6.07) is -1.07. The molecule has 0 spiro atoms. The number of unbranched alkanes of at least 4 members (excludes halogenated alkanes) is 21. The summed E-state index contributed by atoms with van der Waals surface area (Å²) in [5.74, 6) is -1.01. The Balaban J connectivity index is 4.05. The highest BCUT2D eigenvalue weighted by atomic mass is 32.2. The molecule has 0 aliphatic rings. The zero-order chi connectivity index (χ0) is 33.3. The first-order chi connectivity index (χ1) is 21.8. The van der Waals surface area contributed by atoms with Gasteiger partial charge in [-0.15, -0.1) is 0 Å². The van der Waals surface area contributed by atoms with Gasteiger partial charge in [0.1, 0.15) is 0 Å². The number of hydrogen-bond acceptors (Lipinski definition) is 4. The predicted octanol–water partition coefficient (Wildman–Crippen LogP) is 10.6. The topological polar surface area (TPSA) is 104 Å². The van der Waals surface area contributed by atoms with Crippen molar-refractivity contribution in [2.24, 2.45) is 0 Å². The van der Waals surface area contributed by atoms with Gasteiger partial charge in [0.25, 0.3) is 10.1 Å². The van der Waals surface area contributed by atoms with Gasteiger partial charge in [0, 0.05) is 6.42 Å². The number of allylic oxidation sites excluding steroid dienone is 5. The minimum absolute atomic E-state index is 0.278. The lowest BCUT2D eigenvalue weighted by Crippen LogP contribution is -2.46. The highest BCUT2D eigenvalue weighted by molar-refractivity contribution is 7.85. The third kappa shape index (κ3) is 33.7. The Hall–Kier alpha value is -1.44. The summed E-state index contributed by atoms with van der Waals surface area (Å²) in [7, 11) is -4.35. The fourth-order valence-electron chi connectivity index (χ4n) is 5.46. The Morgan fingerprint density at radius 1 is 0.578 bits per heavy atom. The minimum atomic E-state index is -4.35. The second-order valence-corrected chi connectivity index (χ2v) is 14.3. The predicted molar refractivity (Wildman–Crippen MR) is 193 cm³/mol. The van der Waals surface area contributed by atoms with E-state index in [1.807, 2.05) is 6.08 Å². The van der Waals surface area contributed by atoms with Gasteiger partial charge in [-0.05, 0) is 57.8 Å².